The highest BCUT2D eigenvalue weighted by Gasteiger charge is 2.52. The summed E-state index contributed by atoms with van der Waals surface area (Å²) < 4.78 is 12.8. The summed E-state index contributed by atoms with van der Waals surface area (Å²) in [5, 5.41) is 0. The quantitative estimate of drug-likeness (QED) is 0.642. The molecule has 5 nitrogen and oxygen atoms in total. The Labute approximate surface area is 175 Å². The molecule has 4 bridgehead atoms. The number of nitrogens with zero attached hydrogens (tertiary/aromatic N) is 1. The van der Waals surface area contributed by atoms with Gasteiger partial charge in [-0.15, -0.1) is 0 Å². The number of oxazole rings is 1. The number of benzene rings is 2. The zero-order chi connectivity index (χ0) is 20.2. The minimum absolute atomic E-state index is 0.216. The standard InChI is InChI=1S/C25H26N2O3/c26-24(28)16-6-7-21-20(13-16)27-25(30-21)23(29-19-4-2-1-3-5-19)22-17-9-14-8-15(11-17)12-18(22)10-14/h1-7,13-15,17-18,22-23H,8-12H2,(H2,26,28). The first kappa shape index (κ1) is 18.0. The maximum atomic E-state index is 11.6. The number of rotatable bonds is 5. The van der Waals surface area contributed by atoms with Gasteiger partial charge in [-0.2, -0.15) is 0 Å². The third-order valence-corrected chi connectivity index (χ3v) is 7.59. The molecule has 0 aliphatic heterocycles. The van der Waals surface area contributed by atoms with E-state index < -0.39 is 5.91 Å². The molecule has 0 saturated heterocycles. The molecule has 30 heavy (non-hydrogen) atoms. The minimum Gasteiger partial charge on any atom is -0.480 e. The van der Waals surface area contributed by atoms with Gasteiger partial charge in [0.15, 0.2) is 11.7 Å². The predicted octanol–water partition coefficient (Wildman–Crippen LogP) is 5.12. The fourth-order valence-electron chi connectivity index (χ4n) is 6.62. The number of hydrogen-bond acceptors (Lipinski definition) is 4. The monoisotopic (exact) mass is 402 g/mol. The second kappa shape index (κ2) is 6.86. The van der Waals surface area contributed by atoms with E-state index in [9.17, 15) is 4.79 Å². The number of amides is 1. The Kier molecular flexibility index (Phi) is 4.12. The summed E-state index contributed by atoms with van der Waals surface area (Å²) in [6, 6.07) is 15.2. The van der Waals surface area contributed by atoms with Crippen molar-refractivity contribution in [1.82, 2.24) is 4.98 Å². The van der Waals surface area contributed by atoms with Crippen molar-refractivity contribution in [3.8, 4) is 5.75 Å². The van der Waals surface area contributed by atoms with E-state index in [1.54, 1.807) is 18.2 Å². The number of aromatic nitrogens is 1. The summed E-state index contributed by atoms with van der Waals surface area (Å²) in [6.07, 6.45) is 6.42. The van der Waals surface area contributed by atoms with Crippen molar-refractivity contribution in [1.29, 1.82) is 0 Å². The molecule has 1 heterocycles. The second-order valence-electron chi connectivity index (χ2n) is 9.46. The third kappa shape index (κ3) is 2.99. The van der Waals surface area contributed by atoms with Crippen LogP contribution in [-0.2, 0) is 0 Å². The molecule has 154 valence electrons. The Bertz CT molecular complexity index is 1060. The number of nitrogens with two attached hydrogens (primary N) is 1. The highest BCUT2D eigenvalue weighted by atomic mass is 16.5. The summed E-state index contributed by atoms with van der Waals surface area (Å²) >= 11 is 0. The molecule has 4 saturated carbocycles. The van der Waals surface area contributed by atoms with Crippen LogP contribution in [0.25, 0.3) is 11.1 Å². The van der Waals surface area contributed by atoms with Gasteiger partial charge in [-0.3, -0.25) is 4.79 Å². The lowest BCUT2D eigenvalue weighted by Crippen LogP contribution is -2.48. The van der Waals surface area contributed by atoms with Crippen LogP contribution in [0.4, 0.5) is 0 Å². The molecule has 4 aliphatic carbocycles. The van der Waals surface area contributed by atoms with E-state index in [1.807, 2.05) is 30.3 Å². The van der Waals surface area contributed by atoms with Crippen LogP contribution in [0.2, 0.25) is 0 Å². The molecule has 2 N–H and O–H groups in total. The average molecular weight is 402 g/mol. The molecule has 1 unspecified atom stereocenters. The number of fused-ring (bicyclic) bond motifs is 1. The highest BCUT2D eigenvalue weighted by Crippen LogP contribution is 2.60. The van der Waals surface area contributed by atoms with Crippen molar-refractivity contribution >= 4 is 17.0 Å². The first-order chi connectivity index (χ1) is 14.6. The van der Waals surface area contributed by atoms with E-state index in [1.165, 1.54) is 32.1 Å². The van der Waals surface area contributed by atoms with Crippen molar-refractivity contribution in [2.75, 3.05) is 0 Å². The van der Waals surface area contributed by atoms with E-state index in [4.69, 9.17) is 19.9 Å². The van der Waals surface area contributed by atoms with Crippen LogP contribution in [0.3, 0.4) is 0 Å². The lowest BCUT2D eigenvalue weighted by Gasteiger charge is -2.55. The summed E-state index contributed by atoms with van der Waals surface area (Å²) in [5.41, 5.74) is 7.22. The summed E-state index contributed by atoms with van der Waals surface area (Å²) in [6.45, 7) is 0. The third-order valence-electron chi connectivity index (χ3n) is 7.59. The predicted molar refractivity (Wildman–Crippen MR) is 113 cm³/mol. The summed E-state index contributed by atoms with van der Waals surface area (Å²) in [7, 11) is 0. The number of para-hydroxylation sites is 1. The number of carbonyl (C=O) groups excluding carboxylic acids is 1. The fourth-order valence-corrected chi connectivity index (χ4v) is 6.62. The molecule has 4 fully saturated rings. The van der Waals surface area contributed by atoms with Crippen molar-refractivity contribution in [2.45, 2.75) is 38.2 Å². The van der Waals surface area contributed by atoms with E-state index >= 15 is 0 Å². The van der Waals surface area contributed by atoms with Gasteiger partial charge in [-0.1, -0.05) is 18.2 Å². The Morgan fingerprint density at radius 1 is 1.00 bits per heavy atom. The average Bonchev–Trinajstić information content (AvgIpc) is 3.16. The van der Waals surface area contributed by atoms with Gasteiger partial charge in [0.1, 0.15) is 11.3 Å². The molecular formula is C25H26N2O3. The van der Waals surface area contributed by atoms with E-state index in [2.05, 4.69) is 0 Å². The fraction of sp³-hybridized carbons (Fsp3) is 0.440. The largest absolute Gasteiger partial charge is 0.480 e. The van der Waals surface area contributed by atoms with Gasteiger partial charge >= 0.3 is 0 Å². The van der Waals surface area contributed by atoms with E-state index in [0.29, 0.717) is 40.3 Å². The van der Waals surface area contributed by atoms with Gasteiger partial charge in [0.05, 0.1) is 0 Å². The molecule has 1 atom stereocenters. The van der Waals surface area contributed by atoms with E-state index in [-0.39, 0.29) is 6.10 Å². The molecule has 3 aromatic rings. The molecule has 0 spiro atoms. The van der Waals surface area contributed by atoms with Crippen LogP contribution in [0.1, 0.15) is 54.5 Å². The smallest absolute Gasteiger partial charge is 0.248 e. The van der Waals surface area contributed by atoms with Gasteiger partial charge < -0.3 is 14.9 Å². The molecule has 1 amide bonds. The van der Waals surface area contributed by atoms with Gasteiger partial charge in [0.2, 0.25) is 11.8 Å². The maximum Gasteiger partial charge on any atom is 0.248 e. The summed E-state index contributed by atoms with van der Waals surface area (Å²) in [4.78, 5) is 16.4. The molecule has 1 aromatic heterocycles. The van der Waals surface area contributed by atoms with Crippen LogP contribution >= 0.6 is 0 Å². The van der Waals surface area contributed by atoms with Crippen LogP contribution in [0.5, 0.6) is 5.75 Å². The Morgan fingerprint density at radius 2 is 1.70 bits per heavy atom. The molecule has 2 aromatic carbocycles. The molecule has 5 heteroatoms. The minimum atomic E-state index is -0.459. The summed E-state index contributed by atoms with van der Waals surface area (Å²) in [5.74, 6) is 4.55. The van der Waals surface area contributed by atoms with Crippen molar-refractivity contribution in [3.63, 3.8) is 0 Å². The first-order valence-corrected chi connectivity index (χ1v) is 11.1. The molecule has 7 rings (SSSR count). The second-order valence-corrected chi connectivity index (χ2v) is 9.46. The van der Waals surface area contributed by atoms with Crippen LogP contribution < -0.4 is 10.5 Å². The Balaban J connectivity index is 1.41. The van der Waals surface area contributed by atoms with Gasteiger partial charge in [-0.25, -0.2) is 4.98 Å². The molecule has 0 radical (unpaired) electrons. The first-order valence-electron chi connectivity index (χ1n) is 11.1. The number of ether oxygens (including phenoxy) is 1. The Morgan fingerprint density at radius 3 is 2.37 bits per heavy atom. The topological polar surface area (TPSA) is 78.4 Å². The van der Waals surface area contributed by atoms with Crippen LogP contribution in [0, 0.1) is 29.6 Å². The zero-order valence-corrected chi connectivity index (χ0v) is 16.9. The zero-order valence-electron chi connectivity index (χ0n) is 16.9. The lowest BCUT2D eigenvalue weighted by molar-refractivity contribution is -0.0891. The number of primary amides is 1. The van der Waals surface area contributed by atoms with E-state index in [0.717, 1.165) is 17.6 Å². The van der Waals surface area contributed by atoms with Crippen molar-refractivity contribution < 1.29 is 13.9 Å². The van der Waals surface area contributed by atoms with Crippen LogP contribution in [0.15, 0.2) is 52.9 Å². The van der Waals surface area contributed by atoms with Gasteiger partial charge in [0, 0.05) is 11.5 Å². The van der Waals surface area contributed by atoms with Crippen LogP contribution in [-0.4, -0.2) is 10.9 Å². The Hall–Kier alpha value is -2.82. The van der Waals surface area contributed by atoms with Gasteiger partial charge in [0.25, 0.3) is 0 Å². The van der Waals surface area contributed by atoms with Crippen molar-refractivity contribution in [2.24, 2.45) is 35.3 Å². The number of carbonyl (C=O) groups is 1. The highest BCUT2D eigenvalue weighted by molar-refractivity contribution is 5.95. The maximum absolute atomic E-state index is 11.6. The normalized spacial score (nSPS) is 30.5. The van der Waals surface area contributed by atoms with Gasteiger partial charge in [-0.05, 0) is 86.1 Å². The SMILES string of the molecule is NC(=O)c1ccc2oc(C(Oc3ccccc3)C3C4CC5CC(C4)CC3C5)nc2c1. The van der Waals surface area contributed by atoms with Crippen molar-refractivity contribution in [3.05, 3.63) is 60.0 Å². The number of hydrogen-bond donors (Lipinski definition) is 1. The molecular weight excluding hydrogens is 376 g/mol. The molecule has 4 aliphatic rings. The lowest BCUT2D eigenvalue weighted by atomic mass is 9.51.